The smallest absolute Gasteiger partial charge is 0.222 e. The van der Waals surface area contributed by atoms with Crippen molar-refractivity contribution in [3.63, 3.8) is 0 Å². The molecule has 1 atom stereocenters. The van der Waals surface area contributed by atoms with Gasteiger partial charge in [-0.3, -0.25) is 4.79 Å². The Labute approximate surface area is 121 Å². The van der Waals surface area contributed by atoms with Crippen LogP contribution in [-0.2, 0) is 11.2 Å². The molecule has 1 heterocycles. The number of rotatable bonds is 4. The minimum absolute atomic E-state index is 0. The summed E-state index contributed by atoms with van der Waals surface area (Å²) in [6.45, 7) is 4.51. The molecule has 0 radical (unpaired) electrons. The summed E-state index contributed by atoms with van der Waals surface area (Å²) in [5, 5.41) is 0. The van der Waals surface area contributed by atoms with Crippen molar-refractivity contribution in [3.8, 4) is 0 Å². The van der Waals surface area contributed by atoms with Crippen LogP contribution in [0.5, 0.6) is 0 Å². The molecule has 0 aliphatic carbocycles. The van der Waals surface area contributed by atoms with E-state index in [1.165, 1.54) is 11.1 Å². The number of carbonyl (C=O) groups is 1. The van der Waals surface area contributed by atoms with Crippen LogP contribution in [0.3, 0.4) is 0 Å². The molecule has 0 bridgehead atoms. The number of nitrogens with zero attached hydrogens (tertiary/aromatic N) is 1. The first-order valence-corrected chi connectivity index (χ1v) is 6.72. The normalized spacial score (nSPS) is 18.2. The third kappa shape index (κ3) is 4.51. The van der Waals surface area contributed by atoms with Crippen LogP contribution in [0.2, 0.25) is 0 Å². The van der Waals surface area contributed by atoms with Crippen molar-refractivity contribution in [1.29, 1.82) is 0 Å². The van der Waals surface area contributed by atoms with E-state index in [0.29, 0.717) is 18.9 Å². The molecule has 2 N–H and O–H groups in total. The fourth-order valence-corrected chi connectivity index (χ4v) is 2.42. The molecule has 4 heteroatoms. The number of likely N-dealkylation sites (tertiary alicyclic amines) is 1. The van der Waals surface area contributed by atoms with Gasteiger partial charge in [-0.05, 0) is 37.8 Å². The molecule has 0 saturated carbocycles. The van der Waals surface area contributed by atoms with Crippen LogP contribution in [-0.4, -0.2) is 30.4 Å². The van der Waals surface area contributed by atoms with Crippen molar-refractivity contribution in [3.05, 3.63) is 35.4 Å². The quantitative estimate of drug-likeness (QED) is 0.920. The second-order valence-electron chi connectivity index (χ2n) is 5.22. The van der Waals surface area contributed by atoms with Crippen molar-refractivity contribution in [2.75, 3.05) is 19.6 Å². The highest BCUT2D eigenvalue weighted by molar-refractivity contribution is 5.85. The highest BCUT2D eigenvalue weighted by atomic mass is 35.5. The summed E-state index contributed by atoms with van der Waals surface area (Å²) in [6, 6.07) is 8.41. The minimum atomic E-state index is 0. The van der Waals surface area contributed by atoms with Gasteiger partial charge in [0.2, 0.25) is 5.91 Å². The van der Waals surface area contributed by atoms with E-state index in [1.807, 2.05) is 4.90 Å². The average Bonchev–Trinajstić information content (AvgIpc) is 2.86. The Bertz CT molecular complexity index is 405. The standard InChI is InChI=1S/C15H22N2O.ClH/c1-12-2-4-13(5-3-12)6-7-15(18)17-9-8-14(10-16)11-17;/h2-5,14H,6-11,16H2,1H3;1H. The molecule has 1 unspecified atom stereocenters. The van der Waals surface area contributed by atoms with Crippen LogP contribution >= 0.6 is 12.4 Å². The maximum Gasteiger partial charge on any atom is 0.222 e. The highest BCUT2D eigenvalue weighted by Gasteiger charge is 2.24. The van der Waals surface area contributed by atoms with Gasteiger partial charge >= 0.3 is 0 Å². The van der Waals surface area contributed by atoms with Crippen molar-refractivity contribution >= 4 is 18.3 Å². The monoisotopic (exact) mass is 282 g/mol. The largest absolute Gasteiger partial charge is 0.342 e. The molecule has 1 saturated heterocycles. The molecule has 3 nitrogen and oxygen atoms in total. The Morgan fingerprint density at radius 2 is 2.05 bits per heavy atom. The molecule has 106 valence electrons. The van der Waals surface area contributed by atoms with Gasteiger partial charge in [-0.25, -0.2) is 0 Å². The lowest BCUT2D eigenvalue weighted by atomic mass is 10.1. The van der Waals surface area contributed by atoms with Crippen LogP contribution in [0.4, 0.5) is 0 Å². The number of hydrogen-bond donors (Lipinski definition) is 1. The van der Waals surface area contributed by atoms with Crippen LogP contribution < -0.4 is 5.73 Å². The van der Waals surface area contributed by atoms with Crippen LogP contribution in [0.1, 0.15) is 24.0 Å². The molecule has 1 amide bonds. The molecule has 1 aromatic rings. The van der Waals surface area contributed by atoms with Gasteiger partial charge in [0.25, 0.3) is 0 Å². The van der Waals surface area contributed by atoms with E-state index in [-0.39, 0.29) is 18.3 Å². The number of hydrogen-bond acceptors (Lipinski definition) is 2. The summed E-state index contributed by atoms with van der Waals surface area (Å²) < 4.78 is 0. The van der Waals surface area contributed by atoms with Gasteiger partial charge in [0.1, 0.15) is 0 Å². The van der Waals surface area contributed by atoms with Gasteiger partial charge in [0.15, 0.2) is 0 Å². The van der Waals surface area contributed by atoms with E-state index in [4.69, 9.17) is 5.73 Å². The molecular weight excluding hydrogens is 260 g/mol. The van der Waals surface area contributed by atoms with E-state index in [9.17, 15) is 4.79 Å². The number of benzene rings is 1. The zero-order chi connectivity index (χ0) is 13.0. The van der Waals surface area contributed by atoms with Crippen molar-refractivity contribution in [1.82, 2.24) is 4.90 Å². The van der Waals surface area contributed by atoms with Gasteiger partial charge < -0.3 is 10.6 Å². The fourth-order valence-electron chi connectivity index (χ4n) is 2.42. The van der Waals surface area contributed by atoms with Gasteiger partial charge in [0.05, 0.1) is 0 Å². The predicted octanol–water partition coefficient (Wildman–Crippen LogP) is 2.16. The maximum absolute atomic E-state index is 12.0. The molecule has 0 spiro atoms. The Balaban J connectivity index is 0.00000180. The first-order chi connectivity index (χ1) is 8.69. The van der Waals surface area contributed by atoms with E-state index in [2.05, 4.69) is 31.2 Å². The summed E-state index contributed by atoms with van der Waals surface area (Å²) in [7, 11) is 0. The second-order valence-corrected chi connectivity index (χ2v) is 5.22. The average molecular weight is 283 g/mol. The Morgan fingerprint density at radius 1 is 1.37 bits per heavy atom. The Hall–Kier alpha value is -1.06. The van der Waals surface area contributed by atoms with Crippen molar-refractivity contribution in [2.45, 2.75) is 26.2 Å². The Morgan fingerprint density at radius 3 is 2.63 bits per heavy atom. The number of carbonyl (C=O) groups excluding carboxylic acids is 1. The van der Waals surface area contributed by atoms with Gasteiger partial charge in [0, 0.05) is 19.5 Å². The van der Waals surface area contributed by atoms with Crippen molar-refractivity contribution < 1.29 is 4.79 Å². The van der Waals surface area contributed by atoms with Crippen LogP contribution in [0.25, 0.3) is 0 Å². The van der Waals surface area contributed by atoms with Gasteiger partial charge in [-0.15, -0.1) is 12.4 Å². The SMILES string of the molecule is Cc1ccc(CCC(=O)N2CCC(CN)C2)cc1.Cl. The first kappa shape index (κ1) is 16.0. The second kappa shape index (κ2) is 7.51. The maximum atomic E-state index is 12.0. The zero-order valence-electron chi connectivity index (χ0n) is 11.5. The molecule has 2 rings (SSSR count). The summed E-state index contributed by atoms with van der Waals surface area (Å²) in [5.74, 6) is 0.778. The van der Waals surface area contributed by atoms with E-state index in [1.54, 1.807) is 0 Å². The number of halogens is 1. The third-order valence-corrected chi connectivity index (χ3v) is 3.72. The van der Waals surface area contributed by atoms with Crippen LogP contribution in [0, 0.1) is 12.8 Å². The van der Waals surface area contributed by atoms with E-state index >= 15 is 0 Å². The lowest BCUT2D eigenvalue weighted by Gasteiger charge is -2.16. The van der Waals surface area contributed by atoms with Crippen molar-refractivity contribution in [2.24, 2.45) is 11.7 Å². The minimum Gasteiger partial charge on any atom is -0.342 e. The molecule has 1 fully saturated rings. The third-order valence-electron chi connectivity index (χ3n) is 3.72. The number of aryl methyl sites for hydroxylation is 2. The fraction of sp³-hybridized carbons (Fsp3) is 0.533. The summed E-state index contributed by atoms with van der Waals surface area (Å²) in [6.07, 6.45) is 2.51. The molecule has 1 aromatic carbocycles. The molecule has 0 aromatic heterocycles. The predicted molar refractivity (Wildman–Crippen MR) is 80.5 cm³/mol. The van der Waals surface area contributed by atoms with E-state index < -0.39 is 0 Å². The lowest BCUT2D eigenvalue weighted by Crippen LogP contribution is -2.29. The van der Waals surface area contributed by atoms with Gasteiger partial charge in [-0.1, -0.05) is 29.8 Å². The van der Waals surface area contributed by atoms with Crippen LogP contribution in [0.15, 0.2) is 24.3 Å². The summed E-state index contributed by atoms with van der Waals surface area (Å²) >= 11 is 0. The Kier molecular flexibility index (Phi) is 6.32. The zero-order valence-corrected chi connectivity index (χ0v) is 12.3. The molecule has 19 heavy (non-hydrogen) atoms. The first-order valence-electron chi connectivity index (χ1n) is 6.72. The number of nitrogens with two attached hydrogens (primary N) is 1. The molecular formula is C15H23ClN2O. The molecule has 1 aliphatic heterocycles. The lowest BCUT2D eigenvalue weighted by molar-refractivity contribution is -0.130. The topological polar surface area (TPSA) is 46.3 Å². The summed E-state index contributed by atoms with van der Waals surface area (Å²) in [5.41, 5.74) is 8.14. The number of amides is 1. The van der Waals surface area contributed by atoms with Gasteiger partial charge in [-0.2, -0.15) is 0 Å². The summed E-state index contributed by atoms with van der Waals surface area (Å²) in [4.78, 5) is 14.0. The molecule has 1 aliphatic rings. The highest BCUT2D eigenvalue weighted by Crippen LogP contribution is 2.16. The van der Waals surface area contributed by atoms with E-state index in [0.717, 1.165) is 25.9 Å².